The number of hydrogen-bond acceptors (Lipinski definition) is 1. The molecule has 0 aliphatic carbocycles. The second-order valence-electron chi connectivity index (χ2n) is 5.66. The lowest BCUT2D eigenvalue weighted by molar-refractivity contribution is 0.573. The SMILES string of the molecule is C[C@@H](N[S@@](=O)C(C)(C)C)c1cc2cc[nH]c2cc1F. The van der Waals surface area contributed by atoms with Gasteiger partial charge in [0.05, 0.1) is 15.7 Å². The van der Waals surface area contributed by atoms with Gasteiger partial charge in [0.1, 0.15) is 5.82 Å². The van der Waals surface area contributed by atoms with Gasteiger partial charge in [-0.3, -0.25) is 0 Å². The summed E-state index contributed by atoms with van der Waals surface area (Å²) in [4.78, 5) is 2.97. The zero-order chi connectivity index (χ0) is 14.2. The molecule has 0 spiro atoms. The number of benzene rings is 1. The Balaban J connectivity index is 2.28. The molecule has 2 atom stereocenters. The molecule has 0 saturated heterocycles. The summed E-state index contributed by atoms with van der Waals surface area (Å²) in [5.41, 5.74) is 1.30. The fourth-order valence-corrected chi connectivity index (χ4v) is 2.63. The van der Waals surface area contributed by atoms with Crippen LogP contribution in [0, 0.1) is 5.82 Å². The summed E-state index contributed by atoms with van der Waals surface area (Å²) in [6, 6.07) is 4.85. The van der Waals surface area contributed by atoms with E-state index in [-0.39, 0.29) is 16.6 Å². The molecule has 1 aromatic heterocycles. The van der Waals surface area contributed by atoms with Crippen molar-refractivity contribution < 1.29 is 8.60 Å². The van der Waals surface area contributed by atoms with Gasteiger partial charge in [-0.2, -0.15) is 0 Å². The van der Waals surface area contributed by atoms with E-state index in [1.165, 1.54) is 6.07 Å². The van der Waals surface area contributed by atoms with E-state index in [0.29, 0.717) is 5.56 Å². The highest BCUT2D eigenvalue weighted by Crippen LogP contribution is 2.24. The van der Waals surface area contributed by atoms with Crippen molar-refractivity contribution in [2.45, 2.75) is 38.5 Å². The Morgan fingerprint density at radius 3 is 2.68 bits per heavy atom. The molecule has 0 saturated carbocycles. The molecule has 0 radical (unpaired) electrons. The molecule has 2 aromatic rings. The number of hydrogen-bond donors (Lipinski definition) is 2. The van der Waals surface area contributed by atoms with Crippen molar-refractivity contribution in [2.24, 2.45) is 0 Å². The van der Waals surface area contributed by atoms with Crippen LogP contribution in [0.1, 0.15) is 39.3 Å². The van der Waals surface area contributed by atoms with Crippen molar-refractivity contribution >= 4 is 21.9 Å². The fourth-order valence-electron chi connectivity index (χ4n) is 1.82. The Hall–Kier alpha value is -1.20. The highest BCUT2D eigenvalue weighted by atomic mass is 32.2. The minimum Gasteiger partial charge on any atom is -0.361 e. The predicted molar refractivity (Wildman–Crippen MR) is 77.7 cm³/mol. The van der Waals surface area contributed by atoms with Gasteiger partial charge in [-0.1, -0.05) is 0 Å². The summed E-state index contributed by atoms with van der Waals surface area (Å²) >= 11 is 0. The molecule has 5 heteroatoms. The third kappa shape index (κ3) is 3.04. The van der Waals surface area contributed by atoms with Crippen LogP contribution in [-0.2, 0) is 11.0 Å². The number of aromatic nitrogens is 1. The second-order valence-corrected chi connectivity index (χ2v) is 7.66. The first-order valence-corrected chi connectivity index (χ1v) is 7.38. The van der Waals surface area contributed by atoms with Crippen LogP contribution >= 0.6 is 0 Å². The van der Waals surface area contributed by atoms with Gasteiger partial charge in [0.2, 0.25) is 0 Å². The summed E-state index contributed by atoms with van der Waals surface area (Å²) in [6.07, 6.45) is 1.78. The minimum absolute atomic E-state index is 0.291. The maximum absolute atomic E-state index is 14.0. The van der Waals surface area contributed by atoms with Crippen molar-refractivity contribution in [3.05, 3.63) is 35.8 Å². The Morgan fingerprint density at radius 2 is 2.05 bits per heavy atom. The molecule has 3 nitrogen and oxygen atoms in total. The summed E-state index contributed by atoms with van der Waals surface area (Å²) < 4.78 is 28.7. The zero-order valence-electron chi connectivity index (χ0n) is 11.6. The molecule has 0 unspecified atom stereocenters. The van der Waals surface area contributed by atoms with Gasteiger partial charge in [0.25, 0.3) is 0 Å². The molecule has 0 amide bonds. The largest absolute Gasteiger partial charge is 0.361 e. The number of fused-ring (bicyclic) bond motifs is 1. The van der Waals surface area contributed by atoms with E-state index < -0.39 is 11.0 Å². The normalized spacial score (nSPS) is 15.6. The number of rotatable bonds is 3. The molecule has 2 rings (SSSR count). The maximum atomic E-state index is 14.0. The average Bonchev–Trinajstić information content (AvgIpc) is 2.73. The highest BCUT2D eigenvalue weighted by Gasteiger charge is 2.23. The maximum Gasteiger partial charge on any atom is 0.130 e. The third-order valence-corrected chi connectivity index (χ3v) is 4.66. The molecule has 19 heavy (non-hydrogen) atoms. The first-order valence-electron chi connectivity index (χ1n) is 6.23. The molecule has 1 aromatic carbocycles. The van der Waals surface area contributed by atoms with Crippen LogP contribution in [0.2, 0.25) is 0 Å². The molecule has 0 bridgehead atoms. The van der Waals surface area contributed by atoms with E-state index in [1.807, 2.05) is 33.8 Å². The fraction of sp³-hybridized carbons (Fsp3) is 0.429. The Labute approximate surface area is 115 Å². The van der Waals surface area contributed by atoms with Gasteiger partial charge in [0.15, 0.2) is 0 Å². The van der Waals surface area contributed by atoms with Crippen LogP contribution in [0.5, 0.6) is 0 Å². The minimum atomic E-state index is -1.22. The third-order valence-electron chi connectivity index (χ3n) is 2.98. The van der Waals surface area contributed by atoms with E-state index in [1.54, 1.807) is 12.3 Å². The Morgan fingerprint density at radius 1 is 1.37 bits per heavy atom. The second kappa shape index (κ2) is 5.06. The summed E-state index contributed by atoms with van der Waals surface area (Å²) in [5.74, 6) is -0.291. The highest BCUT2D eigenvalue weighted by molar-refractivity contribution is 7.84. The van der Waals surface area contributed by atoms with Gasteiger partial charge in [-0.15, -0.1) is 0 Å². The average molecular weight is 282 g/mol. The van der Waals surface area contributed by atoms with Gasteiger partial charge >= 0.3 is 0 Å². The van der Waals surface area contributed by atoms with Crippen LogP contribution in [0.4, 0.5) is 4.39 Å². The Kier molecular flexibility index (Phi) is 3.78. The standard InChI is InChI=1S/C14H19FN2OS/c1-9(17-19(18)14(2,3)4)11-7-10-5-6-16-13(10)8-12(11)15/h5-9,16-17H,1-4H3/t9-,19+/m1/s1. The topological polar surface area (TPSA) is 44.9 Å². The van der Waals surface area contributed by atoms with Gasteiger partial charge in [-0.25, -0.2) is 13.3 Å². The number of halogens is 1. The summed E-state index contributed by atoms with van der Waals surface area (Å²) in [7, 11) is -1.22. The molecule has 2 N–H and O–H groups in total. The van der Waals surface area contributed by atoms with Gasteiger partial charge in [0, 0.05) is 23.3 Å². The zero-order valence-corrected chi connectivity index (χ0v) is 12.4. The Bertz CT molecular complexity index is 615. The predicted octanol–water partition coefficient (Wildman–Crippen LogP) is 3.42. The monoisotopic (exact) mass is 282 g/mol. The first-order chi connectivity index (χ1) is 8.79. The number of aromatic amines is 1. The molecule has 0 aliphatic rings. The first kappa shape index (κ1) is 14.2. The summed E-state index contributed by atoms with van der Waals surface area (Å²) in [6.45, 7) is 7.47. The van der Waals surface area contributed by atoms with E-state index in [9.17, 15) is 8.60 Å². The summed E-state index contributed by atoms with van der Waals surface area (Å²) in [5, 5.41) is 0.951. The van der Waals surface area contributed by atoms with Crippen LogP contribution in [0.25, 0.3) is 10.9 Å². The molecular weight excluding hydrogens is 263 g/mol. The van der Waals surface area contributed by atoms with Crippen molar-refractivity contribution in [1.82, 2.24) is 9.71 Å². The lowest BCUT2D eigenvalue weighted by atomic mass is 10.1. The number of H-pyrrole nitrogens is 1. The van der Waals surface area contributed by atoms with E-state index in [2.05, 4.69) is 9.71 Å². The van der Waals surface area contributed by atoms with Crippen molar-refractivity contribution in [1.29, 1.82) is 0 Å². The molecule has 0 aliphatic heterocycles. The lowest BCUT2D eigenvalue weighted by Crippen LogP contribution is -2.35. The van der Waals surface area contributed by atoms with E-state index in [0.717, 1.165) is 10.9 Å². The molecule has 0 fully saturated rings. The van der Waals surface area contributed by atoms with Crippen molar-refractivity contribution in [2.75, 3.05) is 0 Å². The van der Waals surface area contributed by atoms with Crippen LogP contribution in [0.3, 0.4) is 0 Å². The number of nitrogens with one attached hydrogen (secondary N) is 2. The van der Waals surface area contributed by atoms with Gasteiger partial charge < -0.3 is 4.98 Å². The van der Waals surface area contributed by atoms with Crippen molar-refractivity contribution in [3.8, 4) is 0 Å². The van der Waals surface area contributed by atoms with E-state index >= 15 is 0 Å². The van der Waals surface area contributed by atoms with Crippen molar-refractivity contribution in [3.63, 3.8) is 0 Å². The van der Waals surface area contributed by atoms with Gasteiger partial charge in [-0.05, 0) is 51.3 Å². The van der Waals surface area contributed by atoms with Crippen LogP contribution in [-0.4, -0.2) is 13.9 Å². The molecule has 104 valence electrons. The quantitative estimate of drug-likeness (QED) is 0.890. The lowest BCUT2D eigenvalue weighted by Gasteiger charge is -2.22. The molecule has 1 heterocycles. The van der Waals surface area contributed by atoms with Crippen LogP contribution in [0.15, 0.2) is 24.4 Å². The smallest absolute Gasteiger partial charge is 0.130 e. The van der Waals surface area contributed by atoms with Crippen LogP contribution < -0.4 is 4.72 Å². The molecular formula is C14H19FN2OS. The van der Waals surface area contributed by atoms with E-state index in [4.69, 9.17) is 0 Å².